The van der Waals surface area contributed by atoms with Gasteiger partial charge in [0.2, 0.25) is 5.91 Å². The van der Waals surface area contributed by atoms with E-state index in [9.17, 15) is 4.79 Å². The lowest BCUT2D eigenvalue weighted by molar-refractivity contribution is -0.125. The minimum atomic E-state index is -0.330. The topological polar surface area (TPSA) is 94.1 Å². The molecule has 2 N–H and O–H groups in total. The van der Waals surface area contributed by atoms with E-state index in [-0.39, 0.29) is 17.9 Å². The van der Waals surface area contributed by atoms with E-state index in [0.717, 1.165) is 72.8 Å². The summed E-state index contributed by atoms with van der Waals surface area (Å²) in [5.74, 6) is 3.28. The highest BCUT2D eigenvalue weighted by Crippen LogP contribution is 2.36. The summed E-state index contributed by atoms with van der Waals surface area (Å²) in [6.45, 7) is 0.504. The first kappa shape index (κ1) is 29.8. The van der Waals surface area contributed by atoms with Crippen molar-refractivity contribution >= 4 is 22.4 Å². The first-order valence-electron chi connectivity index (χ1n) is 16.4. The molecule has 1 atom stereocenters. The van der Waals surface area contributed by atoms with E-state index in [1.54, 1.807) is 14.2 Å². The minimum absolute atomic E-state index is 0.0479. The van der Waals surface area contributed by atoms with Gasteiger partial charge in [-0.15, -0.1) is 10.2 Å². The fraction of sp³-hybridized carbons (Fsp3) is 0.342. The van der Waals surface area contributed by atoms with Gasteiger partial charge in [0, 0.05) is 47.5 Å². The van der Waals surface area contributed by atoms with Gasteiger partial charge in [-0.1, -0.05) is 61.4 Å². The molecule has 0 spiro atoms. The highest BCUT2D eigenvalue weighted by Gasteiger charge is 2.30. The van der Waals surface area contributed by atoms with Crippen molar-refractivity contribution in [2.75, 3.05) is 14.2 Å². The second kappa shape index (κ2) is 13.3. The van der Waals surface area contributed by atoms with E-state index >= 15 is 0 Å². The highest BCUT2D eigenvalue weighted by atomic mass is 16.5. The van der Waals surface area contributed by atoms with Crippen molar-refractivity contribution in [3.8, 4) is 11.5 Å². The Bertz CT molecular complexity index is 1880. The van der Waals surface area contributed by atoms with Crippen LogP contribution >= 0.6 is 0 Å². The molecule has 1 saturated carbocycles. The maximum Gasteiger partial charge on any atom is 0.223 e. The summed E-state index contributed by atoms with van der Waals surface area (Å²) in [4.78, 5) is 17.1. The molecule has 2 aliphatic rings. The zero-order valence-electron chi connectivity index (χ0n) is 26.6. The fourth-order valence-corrected chi connectivity index (χ4v) is 7.15. The Morgan fingerprint density at radius 1 is 0.978 bits per heavy atom. The molecule has 0 unspecified atom stereocenters. The molecule has 1 fully saturated rings. The molecule has 1 amide bonds. The number of para-hydroxylation sites is 1. The molecule has 2 heterocycles. The number of nitrogens with one attached hydrogen (secondary N) is 2. The van der Waals surface area contributed by atoms with E-state index in [1.165, 1.54) is 27.6 Å². The summed E-state index contributed by atoms with van der Waals surface area (Å²) < 4.78 is 13.5. The van der Waals surface area contributed by atoms with E-state index in [1.807, 2.05) is 24.3 Å². The van der Waals surface area contributed by atoms with Crippen molar-refractivity contribution in [2.24, 2.45) is 5.92 Å². The Hall–Kier alpha value is -4.85. The second-order valence-electron chi connectivity index (χ2n) is 12.4. The van der Waals surface area contributed by atoms with E-state index in [0.29, 0.717) is 19.4 Å². The first-order chi connectivity index (χ1) is 22.6. The number of benzene rings is 3. The standard InChI is InChI=1S/C38H41N5O3/c1-45-30-19-17-29(35(22-30)46-2)24-43-36(20-18-28-23-39-33-14-8-7-13-32(28)33)41-42-37(43)34(40-38(44)26-10-3-4-11-26)21-27-16-15-25-9-5-6-12-31(25)27/h5-9,12-14,16-17,19,22-23,26,34,39H,3-4,10-11,15,18,20-21,24H2,1-2H3,(H,40,44)/t34-/m1/s1. The summed E-state index contributed by atoms with van der Waals surface area (Å²) in [5.41, 5.74) is 7.18. The van der Waals surface area contributed by atoms with Crippen LogP contribution in [0.3, 0.4) is 0 Å². The number of ether oxygens (including phenoxy) is 2. The molecule has 7 rings (SSSR count). The lowest BCUT2D eigenvalue weighted by Gasteiger charge is -2.23. The van der Waals surface area contributed by atoms with Gasteiger partial charge in [-0.25, -0.2) is 0 Å². The molecule has 2 aliphatic carbocycles. The third kappa shape index (κ3) is 6.04. The summed E-state index contributed by atoms with van der Waals surface area (Å²) in [7, 11) is 3.33. The number of aromatic nitrogens is 4. The Labute approximate surface area is 269 Å². The van der Waals surface area contributed by atoms with Gasteiger partial charge in [0.25, 0.3) is 0 Å². The van der Waals surface area contributed by atoms with Crippen LogP contribution < -0.4 is 14.8 Å². The molecule has 2 aromatic heterocycles. The normalized spacial score (nSPS) is 15.1. The van der Waals surface area contributed by atoms with Gasteiger partial charge in [-0.3, -0.25) is 4.79 Å². The SMILES string of the molecule is COc1ccc(Cn2c(CCc3c[nH]c4ccccc34)nnc2[C@@H](CC2=CCc3ccccc32)NC(=O)C2CCCC2)c(OC)c1. The Kier molecular flexibility index (Phi) is 8.59. The van der Waals surface area contributed by atoms with Crippen molar-refractivity contribution in [1.82, 2.24) is 25.1 Å². The van der Waals surface area contributed by atoms with Gasteiger partial charge in [0.1, 0.15) is 17.3 Å². The van der Waals surface area contributed by atoms with Crippen LogP contribution in [0.1, 0.15) is 72.0 Å². The van der Waals surface area contributed by atoms with E-state index in [2.05, 4.69) is 69.6 Å². The van der Waals surface area contributed by atoms with Crippen molar-refractivity contribution in [1.29, 1.82) is 0 Å². The third-order valence-corrected chi connectivity index (χ3v) is 9.68. The van der Waals surface area contributed by atoms with Gasteiger partial charge < -0.3 is 24.3 Å². The molecular weight excluding hydrogens is 574 g/mol. The summed E-state index contributed by atoms with van der Waals surface area (Å²) in [6.07, 6.45) is 11.5. The van der Waals surface area contributed by atoms with Gasteiger partial charge >= 0.3 is 0 Å². The molecule has 0 bridgehead atoms. The summed E-state index contributed by atoms with van der Waals surface area (Å²) in [5, 5.41) is 14.3. The van der Waals surface area contributed by atoms with Gasteiger partial charge in [-0.05, 0) is 66.1 Å². The van der Waals surface area contributed by atoms with Gasteiger partial charge in [0.15, 0.2) is 5.82 Å². The zero-order chi connectivity index (χ0) is 31.5. The Morgan fingerprint density at radius 3 is 2.65 bits per heavy atom. The number of allylic oxidation sites excluding steroid dienone is 1. The number of aromatic amines is 1. The molecule has 8 heteroatoms. The lowest BCUT2D eigenvalue weighted by atomic mass is 9.98. The number of amides is 1. The quantitative estimate of drug-likeness (QED) is 0.158. The second-order valence-corrected chi connectivity index (χ2v) is 12.4. The van der Waals surface area contributed by atoms with Gasteiger partial charge in [-0.2, -0.15) is 0 Å². The summed E-state index contributed by atoms with van der Waals surface area (Å²) >= 11 is 0. The third-order valence-electron chi connectivity index (χ3n) is 9.68. The summed E-state index contributed by atoms with van der Waals surface area (Å²) in [6, 6.07) is 22.5. The molecule has 3 aromatic carbocycles. The Balaban J connectivity index is 1.26. The smallest absolute Gasteiger partial charge is 0.223 e. The minimum Gasteiger partial charge on any atom is -0.497 e. The number of aryl methyl sites for hydroxylation is 2. The fourth-order valence-electron chi connectivity index (χ4n) is 7.15. The Morgan fingerprint density at radius 2 is 1.80 bits per heavy atom. The number of hydrogen-bond acceptors (Lipinski definition) is 5. The van der Waals surface area contributed by atoms with Crippen LogP contribution in [-0.2, 0) is 30.6 Å². The van der Waals surface area contributed by atoms with Crippen molar-refractivity contribution in [2.45, 2.75) is 64.0 Å². The first-order valence-corrected chi connectivity index (χ1v) is 16.4. The van der Waals surface area contributed by atoms with E-state index < -0.39 is 0 Å². The van der Waals surface area contributed by atoms with Crippen LogP contribution in [0.15, 0.2) is 79.0 Å². The van der Waals surface area contributed by atoms with Crippen LogP contribution in [0, 0.1) is 5.92 Å². The number of carbonyl (C=O) groups is 1. The highest BCUT2D eigenvalue weighted by molar-refractivity contribution is 5.83. The molecule has 5 aromatic rings. The number of carbonyl (C=O) groups excluding carboxylic acids is 1. The molecule has 8 nitrogen and oxygen atoms in total. The van der Waals surface area contributed by atoms with Gasteiger partial charge in [0.05, 0.1) is 26.8 Å². The molecule has 0 saturated heterocycles. The molecule has 0 aliphatic heterocycles. The van der Waals surface area contributed by atoms with Crippen LogP contribution in [0.2, 0.25) is 0 Å². The number of fused-ring (bicyclic) bond motifs is 2. The predicted octanol–water partition coefficient (Wildman–Crippen LogP) is 6.99. The lowest BCUT2D eigenvalue weighted by Crippen LogP contribution is -2.35. The predicted molar refractivity (Wildman–Crippen MR) is 180 cm³/mol. The average molecular weight is 616 g/mol. The van der Waals surface area contributed by atoms with Crippen LogP contribution in [0.4, 0.5) is 0 Å². The average Bonchev–Trinajstić information content (AvgIpc) is 3.91. The molecule has 0 radical (unpaired) electrons. The number of rotatable bonds is 12. The number of H-pyrrole nitrogens is 1. The van der Waals surface area contributed by atoms with Crippen molar-refractivity contribution in [3.63, 3.8) is 0 Å². The maximum absolute atomic E-state index is 13.7. The molecule has 46 heavy (non-hydrogen) atoms. The zero-order valence-corrected chi connectivity index (χ0v) is 26.6. The van der Waals surface area contributed by atoms with Crippen LogP contribution in [0.25, 0.3) is 16.5 Å². The van der Waals surface area contributed by atoms with Crippen molar-refractivity contribution in [3.05, 3.63) is 113 Å². The molecular formula is C38H41N5O3. The molecule has 236 valence electrons. The number of methoxy groups -OCH3 is 2. The monoisotopic (exact) mass is 615 g/mol. The largest absolute Gasteiger partial charge is 0.497 e. The van der Waals surface area contributed by atoms with Crippen molar-refractivity contribution < 1.29 is 14.3 Å². The van der Waals surface area contributed by atoms with E-state index in [4.69, 9.17) is 19.7 Å². The van der Waals surface area contributed by atoms with Crippen LogP contribution in [0.5, 0.6) is 11.5 Å². The van der Waals surface area contributed by atoms with Crippen LogP contribution in [-0.4, -0.2) is 39.9 Å². The maximum atomic E-state index is 13.7. The number of nitrogens with zero attached hydrogens (tertiary/aromatic N) is 3. The number of hydrogen-bond donors (Lipinski definition) is 2.